The average Bonchev–Trinajstić information content (AvgIpc) is 2.53. The first-order valence-electron chi connectivity index (χ1n) is 7.63. The fourth-order valence-electron chi connectivity index (χ4n) is 2.30. The standard InChI is InChI=1S/C16H25N3O2.2ClH/c1-2-21-13-15-5-3-14(4-6-15)11-18-16(20)12-19-9-7-17-8-10-19;;/h3-6,17H,2,7-13H2,1H3,(H,18,20);2*1H. The smallest absolute Gasteiger partial charge is 0.234 e. The normalized spacial score (nSPS) is 14.5. The second-order valence-electron chi connectivity index (χ2n) is 5.26. The van der Waals surface area contributed by atoms with Crippen LogP contribution in [-0.4, -0.2) is 50.1 Å². The van der Waals surface area contributed by atoms with Crippen LogP contribution in [0.1, 0.15) is 18.1 Å². The lowest BCUT2D eigenvalue weighted by Crippen LogP contribution is -2.47. The van der Waals surface area contributed by atoms with Gasteiger partial charge in [0.25, 0.3) is 0 Å². The summed E-state index contributed by atoms with van der Waals surface area (Å²) in [5.41, 5.74) is 2.27. The summed E-state index contributed by atoms with van der Waals surface area (Å²) in [6.07, 6.45) is 0. The molecule has 0 aromatic heterocycles. The number of piperazine rings is 1. The molecule has 1 amide bonds. The van der Waals surface area contributed by atoms with Crippen molar-refractivity contribution in [2.75, 3.05) is 39.3 Å². The van der Waals surface area contributed by atoms with Crippen LogP contribution in [0.5, 0.6) is 0 Å². The Bertz CT molecular complexity index is 437. The van der Waals surface area contributed by atoms with E-state index in [9.17, 15) is 4.79 Å². The van der Waals surface area contributed by atoms with Gasteiger partial charge in [0, 0.05) is 39.3 Å². The fraction of sp³-hybridized carbons (Fsp3) is 0.562. The monoisotopic (exact) mass is 363 g/mol. The molecule has 23 heavy (non-hydrogen) atoms. The molecule has 1 aromatic carbocycles. The second-order valence-corrected chi connectivity index (χ2v) is 5.26. The predicted molar refractivity (Wildman–Crippen MR) is 97.4 cm³/mol. The third kappa shape index (κ3) is 8.53. The predicted octanol–water partition coefficient (Wildman–Crippen LogP) is 1.59. The summed E-state index contributed by atoms with van der Waals surface area (Å²) in [5.74, 6) is 0.0929. The largest absolute Gasteiger partial charge is 0.377 e. The number of nitrogens with one attached hydrogen (secondary N) is 2. The Hall–Kier alpha value is -0.850. The molecule has 1 fully saturated rings. The number of hydrogen-bond donors (Lipinski definition) is 2. The van der Waals surface area contributed by atoms with Crippen molar-refractivity contribution < 1.29 is 9.53 Å². The van der Waals surface area contributed by atoms with Crippen LogP contribution in [0.4, 0.5) is 0 Å². The molecule has 0 saturated carbocycles. The molecule has 132 valence electrons. The van der Waals surface area contributed by atoms with Gasteiger partial charge in [-0.15, -0.1) is 24.8 Å². The molecule has 1 aromatic rings. The molecule has 0 spiro atoms. The molecule has 0 radical (unpaired) electrons. The van der Waals surface area contributed by atoms with E-state index in [2.05, 4.69) is 15.5 Å². The van der Waals surface area contributed by atoms with E-state index >= 15 is 0 Å². The van der Waals surface area contributed by atoms with E-state index in [1.54, 1.807) is 0 Å². The van der Waals surface area contributed by atoms with Gasteiger partial charge in [-0.3, -0.25) is 9.69 Å². The van der Waals surface area contributed by atoms with Gasteiger partial charge in [-0.25, -0.2) is 0 Å². The van der Waals surface area contributed by atoms with E-state index in [0.29, 0.717) is 19.7 Å². The van der Waals surface area contributed by atoms with Gasteiger partial charge in [-0.05, 0) is 18.1 Å². The van der Waals surface area contributed by atoms with Crippen LogP contribution >= 0.6 is 24.8 Å². The molecular formula is C16H27Cl2N3O2. The molecule has 0 atom stereocenters. The zero-order chi connectivity index (χ0) is 14.9. The average molecular weight is 364 g/mol. The topological polar surface area (TPSA) is 53.6 Å². The number of hydrogen-bond acceptors (Lipinski definition) is 4. The second kappa shape index (κ2) is 12.6. The first-order valence-corrected chi connectivity index (χ1v) is 7.63. The Morgan fingerprint density at radius 3 is 2.39 bits per heavy atom. The Morgan fingerprint density at radius 1 is 1.17 bits per heavy atom. The SMILES string of the molecule is CCOCc1ccc(CNC(=O)CN2CCNCC2)cc1.Cl.Cl. The molecule has 2 N–H and O–H groups in total. The van der Waals surface area contributed by atoms with Crippen molar-refractivity contribution in [3.05, 3.63) is 35.4 Å². The lowest BCUT2D eigenvalue weighted by molar-refractivity contribution is -0.122. The van der Waals surface area contributed by atoms with Crippen LogP contribution in [0.2, 0.25) is 0 Å². The van der Waals surface area contributed by atoms with Crippen LogP contribution in [0.3, 0.4) is 0 Å². The van der Waals surface area contributed by atoms with Crippen LogP contribution in [0.15, 0.2) is 24.3 Å². The molecular weight excluding hydrogens is 337 g/mol. The van der Waals surface area contributed by atoms with Gasteiger partial charge in [-0.1, -0.05) is 24.3 Å². The molecule has 0 unspecified atom stereocenters. The molecule has 1 heterocycles. The van der Waals surface area contributed by atoms with E-state index in [1.165, 1.54) is 0 Å². The summed E-state index contributed by atoms with van der Waals surface area (Å²) in [4.78, 5) is 14.1. The first-order chi connectivity index (χ1) is 10.3. The summed E-state index contributed by atoms with van der Waals surface area (Å²) < 4.78 is 5.36. The Balaban J connectivity index is 0.00000242. The summed E-state index contributed by atoms with van der Waals surface area (Å²) in [6, 6.07) is 8.18. The van der Waals surface area contributed by atoms with Gasteiger partial charge in [0.2, 0.25) is 5.91 Å². The third-order valence-corrected chi connectivity index (χ3v) is 3.56. The van der Waals surface area contributed by atoms with Crippen LogP contribution in [0, 0.1) is 0 Å². The van der Waals surface area contributed by atoms with Crippen molar-refractivity contribution in [3.8, 4) is 0 Å². The summed E-state index contributed by atoms with van der Waals surface area (Å²) >= 11 is 0. The molecule has 1 aliphatic rings. The Labute approximate surface area is 151 Å². The van der Waals surface area contributed by atoms with E-state index in [1.807, 2.05) is 31.2 Å². The Morgan fingerprint density at radius 2 is 1.78 bits per heavy atom. The van der Waals surface area contributed by atoms with Gasteiger partial charge < -0.3 is 15.4 Å². The highest BCUT2D eigenvalue weighted by Gasteiger charge is 2.12. The zero-order valence-electron chi connectivity index (χ0n) is 13.5. The number of amides is 1. The van der Waals surface area contributed by atoms with Gasteiger partial charge in [-0.2, -0.15) is 0 Å². The number of halogens is 2. The number of rotatable bonds is 7. The van der Waals surface area contributed by atoms with Gasteiger partial charge in [0.1, 0.15) is 0 Å². The van der Waals surface area contributed by atoms with Crippen molar-refractivity contribution in [2.45, 2.75) is 20.1 Å². The van der Waals surface area contributed by atoms with Crippen molar-refractivity contribution in [3.63, 3.8) is 0 Å². The summed E-state index contributed by atoms with van der Waals surface area (Å²) in [7, 11) is 0. The lowest BCUT2D eigenvalue weighted by atomic mass is 10.1. The molecule has 1 saturated heterocycles. The van der Waals surface area contributed by atoms with Crippen molar-refractivity contribution >= 4 is 30.7 Å². The quantitative estimate of drug-likeness (QED) is 0.772. The molecule has 0 bridgehead atoms. The van der Waals surface area contributed by atoms with Crippen LogP contribution in [0.25, 0.3) is 0 Å². The number of ether oxygens (including phenoxy) is 1. The maximum atomic E-state index is 11.9. The zero-order valence-corrected chi connectivity index (χ0v) is 15.2. The van der Waals surface area contributed by atoms with Gasteiger partial charge in [0.15, 0.2) is 0 Å². The Kier molecular flexibility index (Phi) is 12.1. The van der Waals surface area contributed by atoms with E-state index < -0.39 is 0 Å². The third-order valence-electron chi connectivity index (χ3n) is 3.56. The molecule has 2 rings (SSSR count). The maximum Gasteiger partial charge on any atom is 0.234 e. The van der Waals surface area contributed by atoms with Gasteiger partial charge in [0.05, 0.1) is 13.2 Å². The first kappa shape index (κ1) is 22.1. The summed E-state index contributed by atoms with van der Waals surface area (Å²) in [6.45, 7) is 8.25. The maximum absolute atomic E-state index is 11.9. The van der Waals surface area contributed by atoms with E-state index in [-0.39, 0.29) is 30.7 Å². The molecule has 7 heteroatoms. The number of carbonyl (C=O) groups excluding carboxylic acids is 1. The molecule has 0 aliphatic carbocycles. The minimum absolute atomic E-state index is 0. The number of carbonyl (C=O) groups is 1. The molecule has 5 nitrogen and oxygen atoms in total. The van der Waals surface area contributed by atoms with Gasteiger partial charge >= 0.3 is 0 Å². The lowest BCUT2D eigenvalue weighted by Gasteiger charge is -2.26. The fourth-order valence-corrected chi connectivity index (χ4v) is 2.30. The minimum atomic E-state index is 0. The van der Waals surface area contributed by atoms with Crippen LogP contribution < -0.4 is 10.6 Å². The highest BCUT2D eigenvalue weighted by atomic mass is 35.5. The van der Waals surface area contributed by atoms with Crippen LogP contribution in [-0.2, 0) is 22.7 Å². The van der Waals surface area contributed by atoms with Crippen molar-refractivity contribution in [1.29, 1.82) is 0 Å². The minimum Gasteiger partial charge on any atom is -0.377 e. The van der Waals surface area contributed by atoms with Crippen molar-refractivity contribution in [1.82, 2.24) is 15.5 Å². The van der Waals surface area contributed by atoms with E-state index in [0.717, 1.165) is 43.9 Å². The highest BCUT2D eigenvalue weighted by Crippen LogP contribution is 2.05. The number of nitrogens with zero attached hydrogens (tertiary/aromatic N) is 1. The number of benzene rings is 1. The summed E-state index contributed by atoms with van der Waals surface area (Å²) in [5, 5.41) is 6.26. The van der Waals surface area contributed by atoms with E-state index in [4.69, 9.17) is 4.74 Å². The van der Waals surface area contributed by atoms with Crippen molar-refractivity contribution in [2.24, 2.45) is 0 Å². The highest BCUT2D eigenvalue weighted by molar-refractivity contribution is 5.85. The molecule has 1 aliphatic heterocycles.